The SMILES string of the molecule is Cc1cc(C(=O)Nc2cc3c(cc2F)CCC(=O)N3)sc1-c1ccc(F)cc1. The highest BCUT2D eigenvalue weighted by Gasteiger charge is 2.20. The fraction of sp³-hybridized carbons (Fsp3) is 0.143. The number of halogens is 2. The Labute approximate surface area is 164 Å². The monoisotopic (exact) mass is 398 g/mol. The fourth-order valence-electron chi connectivity index (χ4n) is 3.16. The van der Waals surface area contributed by atoms with E-state index in [1.807, 2.05) is 6.92 Å². The van der Waals surface area contributed by atoms with E-state index in [1.54, 1.807) is 18.2 Å². The third-order valence-corrected chi connectivity index (χ3v) is 5.87. The van der Waals surface area contributed by atoms with Gasteiger partial charge in [0.2, 0.25) is 5.91 Å². The summed E-state index contributed by atoms with van der Waals surface area (Å²) in [5, 5.41) is 5.27. The summed E-state index contributed by atoms with van der Waals surface area (Å²) in [5.74, 6) is -1.45. The van der Waals surface area contributed by atoms with Crippen molar-refractivity contribution in [3.8, 4) is 10.4 Å². The Balaban J connectivity index is 1.59. The fourth-order valence-corrected chi connectivity index (χ4v) is 4.23. The second-order valence-electron chi connectivity index (χ2n) is 6.62. The molecule has 3 aromatic rings. The number of fused-ring (bicyclic) bond motifs is 1. The minimum absolute atomic E-state index is 0.0142. The maximum Gasteiger partial charge on any atom is 0.265 e. The van der Waals surface area contributed by atoms with E-state index in [2.05, 4.69) is 10.6 Å². The topological polar surface area (TPSA) is 58.2 Å². The van der Waals surface area contributed by atoms with Crippen LogP contribution in [0.5, 0.6) is 0 Å². The van der Waals surface area contributed by atoms with Crippen LogP contribution in [0, 0.1) is 18.6 Å². The summed E-state index contributed by atoms with van der Waals surface area (Å²) in [7, 11) is 0. The Morgan fingerprint density at radius 1 is 1.11 bits per heavy atom. The number of aryl methyl sites for hydroxylation is 2. The maximum absolute atomic E-state index is 14.4. The van der Waals surface area contributed by atoms with Crippen molar-refractivity contribution < 1.29 is 18.4 Å². The van der Waals surface area contributed by atoms with Crippen LogP contribution in [-0.4, -0.2) is 11.8 Å². The van der Waals surface area contributed by atoms with Gasteiger partial charge >= 0.3 is 0 Å². The molecule has 0 radical (unpaired) electrons. The van der Waals surface area contributed by atoms with Crippen molar-refractivity contribution in [3.63, 3.8) is 0 Å². The third kappa shape index (κ3) is 3.53. The van der Waals surface area contributed by atoms with Crippen molar-refractivity contribution in [1.29, 1.82) is 0 Å². The van der Waals surface area contributed by atoms with Gasteiger partial charge in [0.05, 0.1) is 10.6 Å². The van der Waals surface area contributed by atoms with E-state index in [-0.39, 0.29) is 17.4 Å². The first-order chi connectivity index (χ1) is 13.4. The zero-order valence-corrected chi connectivity index (χ0v) is 15.8. The molecule has 1 aromatic heterocycles. The minimum Gasteiger partial charge on any atom is -0.326 e. The van der Waals surface area contributed by atoms with E-state index in [0.29, 0.717) is 29.0 Å². The number of nitrogens with one attached hydrogen (secondary N) is 2. The highest BCUT2D eigenvalue weighted by atomic mass is 32.1. The highest BCUT2D eigenvalue weighted by molar-refractivity contribution is 7.17. The molecule has 0 bridgehead atoms. The van der Waals surface area contributed by atoms with Gasteiger partial charge in [-0.2, -0.15) is 0 Å². The van der Waals surface area contributed by atoms with Crippen LogP contribution >= 0.6 is 11.3 Å². The molecule has 2 amide bonds. The van der Waals surface area contributed by atoms with E-state index in [9.17, 15) is 18.4 Å². The Hall–Kier alpha value is -3.06. The molecule has 0 aliphatic carbocycles. The molecule has 7 heteroatoms. The lowest BCUT2D eigenvalue weighted by Crippen LogP contribution is -2.20. The number of carbonyl (C=O) groups excluding carboxylic acids is 2. The normalized spacial score (nSPS) is 13.0. The lowest BCUT2D eigenvalue weighted by molar-refractivity contribution is -0.116. The molecule has 0 saturated carbocycles. The molecular formula is C21H16F2N2O2S. The van der Waals surface area contributed by atoms with E-state index in [1.165, 1.54) is 35.6 Å². The first-order valence-corrected chi connectivity index (χ1v) is 9.52. The summed E-state index contributed by atoms with van der Waals surface area (Å²) in [5.41, 5.74) is 2.92. The van der Waals surface area contributed by atoms with E-state index >= 15 is 0 Å². The predicted octanol–water partition coefficient (Wildman–Crippen LogP) is 5.14. The van der Waals surface area contributed by atoms with Crippen LogP contribution in [0.4, 0.5) is 20.2 Å². The molecule has 0 unspecified atom stereocenters. The van der Waals surface area contributed by atoms with E-state index in [4.69, 9.17) is 0 Å². The minimum atomic E-state index is -0.546. The van der Waals surface area contributed by atoms with Crippen LogP contribution in [0.25, 0.3) is 10.4 Å². The number of hydrogen-bond donors (Lipinski definition) is 2. The Morgan fingerprint density at radius 3 is 2.61 bits per heavy atom. The molecule has 4 nitrogen and oxygen atoms in total. The first-order valence-electron chi connectivity index (χ1n) is 8.70. The molecule has 0 spiro atoms. The second-order valence-corrected chi connectivity index (χ2v) is 7.67. The van der Waals surface area contributed by atoms with Crippen LogP contribution < -0.4 is 10.6 Å². The largest absolute Gasteiger partial charge is 0.326 e. The van der Waals surface area contributed by atoms with Crippen LogP contribution in [-0.2, 0) is 11.2 Å². The molecule has 0 fully saturated rings. The number of amides is 2. The molecule has 2 N–H and O–H groups in total. The van der Waals surface area contributed by atoms with Gasteiger partial charge in [0, 0.05) is 17.0 Å². The van der Waals surface area contributed by atoms with Crippen molar-refractivity contribution >= 4 is 34.5 Å². The summed E-state index contributed by atoms with van der Waals surface area (Å²) in [6.07, 6.45) is 0.788. The van der Waals surface area contributed by atoms with Gasteiger partial charge in [-0.15, -0.1) is 11.3 Å². The third-order valence-electron chi connectivity index (χ3n) is 4.58. The second kappa shape index (κ2) is 7.16. The average molecular weight is 398 g/mol. The van der Waals surface area contributed by atoms with Crippen molar-refractivity contribution in [2.45, 2.75) is 19.8 Å². The van der Waals surface area contributed by atoms with Gasteiger partial charge in [-0.3, -0.25) is 9.59 Å². The van der Waals surface area contributed by atoms with Gasteiger partial charge in [0.25, 0.3) is 5.91 Å². The summed E-state index contributed by atoms with van der Waals surface area (Å²) in [4.78, 5) is 25.4. The smallest absolute Gasteiger partial charge is 0.265 e. The van der Waals surface area contributed by atoms with Gasteiger partial charge in [-0.05, 0) is 60.4 Å². The number of hydrogen-bond acceptors (Lipinski definition) is 3. The van der Waals surface area contributed by atoms with Crippen molar-refractivity contribution in [1.82, 2.24) is 0 Å². The van der Waals surface area contributed by atoms with E-state index in [0.717, 1.165) is 16.0 Å². The molecular weight excluding hydrogens is 382 g/mol. The van der Waals surface area contributed by atoms with Crippen LogP contribution in [0.15, 0.2) is 42.5 Å². The molecule has 4 rings (SSSR count). The number of carbonyl (C=O) groups is 2. The van der Waals surface area contributed by atoms with Crippen molar-refractivity contribution in [3.05, 3.63) is 70.1 Å². The molecule has 1 aliphatic heterocycles. The van der Waals surface area contributed by atoms with Crippen molar-refractivity contribution in [2.75, 3.05) is 10.6 Å². The zero-order valence-electron chi connectivity index (χ0n) is 14.9. The molecule has 28 heavy (non-hydrogen) atoms. The highest BCUT2D eigenvalue weighted by Crippen LogP contribution is 2.34. The quantitative estimate of drug-likeness (QED) is 0.642. The molecule has 2 heterocycles. The van der Waals surface area contributed by atoms with Gasteiger partial charge in [-0.25, -0.2) is 8.78 Å². The molecule has 1 aliphatic rings. The average Bonchev–Trinajstić information content (AvgIpc) is 3.05. The Bertz CT molecular complexity index is 1090. The van der Waals surface area contributed by atoms with Gasteiger partial charge in [0.15, 0.2) is 0 Å². The maximum atomic E-state index is 14.4. The van der Waals surface area contributed by atoms with Gasteiger partial charge < -0.3 is 10.6 Å². The molecule has 2 aromatic carbocycles. The summed E-state index contributed by atoms with van der Waals surface area (Å²) < 4.78 is 27.5. The Morgan fingerprint density at radius 2 is 1.86 bits per heavy atom. The molecule has 142 valence electrons. The summed E-state index contributed by atoms with van der Waals surface area (Å²) in [6.45, 7) is 1.86. The van der Waals surface area contributed by atoms with Crippen LogP contribution in [0.2, 0.25) is 0 Å². The summed E-state index contributed by atoms with van der Waals surface area (Å²) in [6, 6.07) is 10.5. The number of rotatable bonds is 3. The van der Waals surface area contributed by atoms with Crippen LogP contribution in [0.3, 0.4) is 0 Å². The predicted molar refractivity (Wildman–Crippen MR) is 106 cm³/mol. The molecule has 0 atom stereocenters. The first kappa shape index (κ1) is 18.3. The van der Waals surface area contributed by atoms with Crippen molar-refractivity contribution in [2.24, 2.45) is 0 Å². The number of anilines is 2. The van der Waals surface area contributed by atoms with Crippen LogP contribution in [0.1, 0.15) is 27.2 Å². The standard InChI is InChI=1S/C21H16F2N2O2S/c1-11-8-18(28-20(11)12-2-5-14(22)6-3-12)21(27)25-17-10-16-13(9-15(17)23)4-7-19(26)24-16/h2-3,5-6,8-10H,4,7H2,1H3,(H,24,26)(H,25,27). The lowest BCUT2D eigenvalue weighted by atomic mass is 10.0. The lowest BCUT2D eigenvalue weighted by Gasteiger charge is -2.18. The zero-order chi connectivity index (χ0) is 19.8. The summed E-state index contributed by atoms with van der Waals surface area (Å²) >= 11 is 1.25. The van der Waals surface area contributed by atoms with E-state index < -0.39 is 11.7 Å². The van der Waals surface area contributed by atoms with Gasteiger partial charge in [-0.1, -0.05) is 12.1 Å². The number of thiophene rings is 1. The Kier molecular flexibility index (Phi) is 4.68. The van der Waals surface area contributed by atoms with Gasteiger partial charge in [0.1, 0.15) is 11.6 Å². The molecule has 0 saturated heterocycles. The number of benzene rings is 2.